The lowest BCUT2D eigenvalue weighted by molar-refractivity contribution is 0.246. The number of aliphatic hydroxyl groups is 1. The quantitative estimate of drug-likeness (QED) is 0.892. The predicted octanol–water partition coefficient (Wildman–Crippen LogP) is 4.02. The van der Waals surface area contributed by atoms with Gasteiger partial charge in [-0.15, -0.1) is 0 Å². The average molecular weight is 274 g/mol. The SMILES string of the molecule is CC(C)COc1ccc(-c2ccc(F)cc2)cc1CO. The van der Waals surface area contributed by atoms with E-state index in [0.717, 1.165) is 16.7 Å². The van der Waals surface area contributed by atoms with Crippen LogP contribution in [0.1, 0.15) is 19.4 Å². The first-order chi connectivity index (χ1) is 9.60. The summed E-state index contributed by atoms with van der Waals surface area (Å²) in [6.07, 6.45) is 0. The average Bonchev–Trinajstić information content (AvgIpc) is 2.45. The number of hydrogen-bond donors (Lipinski definition) is 1. The molecule has 0 aromatic heterocycles. The fourth-order valence-electron chi connectivity index (χ4n) is 1.92. The normalized spacial score (nSPS) is 10.8. The summed E-state index contributed by atoms with van der Waals surface area (Å²) < 4.78 is 18.6. The van der Waals surface area contributed by atoms with E-state index < -0.39 is 0 Å². The van der Waals surface area contributed by atoms with Gasteiger partial charge in [0.2, 0.25) is 0 Å². The van der Waals surface area contributed by atoms with Gasteiger partial charge >= 0.3 is 0 Å². The van der Waals surface area contributed by atoms with E-state index in [2.05, 4.69) is 13.8 Å². The maximum atomic E-state index is 12.9. The molecule has 0 saturated carbocycles. The Hall–Kier alpha value is -1.87. The van der Waals surface area contributed by atoms with E-state index >= 15 is 0 Å². The summed E-state index contributed by atoms with van der Waals surface area (Å²) in [5.41, 5.74) is 2.59. The molecule has 106 valence electrons. The van der Waals surface area contributed by atoms with E-state index in [1.807, 2.05) is 18.2 Å². The molecule has 2 aromatic rings. The molecule has 20 heavy (non-hydrogen) atoms. The largest absolute Gasteiger partial charge is 0.493 e. The van der Waals surface area contributed by atoms with Crippen molar-refractivity contribution >= 4 is 0 Å². The van der Waals surface area contributed by atoms with Crippen molar-refractivity contribution in [3.8, 4) is 16.9 Å². The molecule has 0 aliphatic heterocycles. The van der Waals surface area contributed by atoms with Crippen molar-refractivity contribution in [2.24, 2.45) is 5.92 Å². The molecule has 0 heterocycles. The second-order valence-electron chi connectivity index (χ2n) is 5.19. The van der Waals surface area contributed by atoms with Gasteiger partial charge in [-0.05, 0) is 41.3 Å². The van der Waals surface area contributed by atoms with Crippen LogP contribution in [0, 0.1) is 11.7 Å². The first-order valence-electron chi connectivity index (χ1n) is 6.72. The van der Waals surface area contributed by atoms with Crippen LogP contribution in [0.2, 0.25) is 0 Å². The molecule has 0 bridgehead atoms. The van der Waals surface area contributed by atoms with Gasteiger partial charge in [-0.3, -0.25) is 0 Å². The molecule has 0 radical (unpaired) electrons. The maximum Gasteiger partial charge on any atom is 0.124 e. The second-order valence-corrected chi connectivity index (χ2v) is 5.19. The van der Waals surface area contributed by atoms with Crippen molar-refractivity contribution in [3.05, 3.63) is 53.8 Å². The van der Waals surface area contributed by atoms with Gasteiger partial charge in [-0.25, -0.2) is 4.39 Å². The van der Waals surface area contributed by atoms with Crippen molar-refractivity contribution in [2.75, 3.05) is 6.61 Å². The van der Waals surface area contributed by atoms with Gasteiger partial charge in [0.1, 0.15) is 11.6 Å². The third-order valence-electron chi connectivity index (χ3n) is 2.98. The zero-order chi connectivity index (χ0) is 14.5. The van der Waals surface area contributed by atoms with Crippen molar-refractivity contribution in [3.63, 3.8) is 0 Å². The van der Waals surface area contributed by atoms with Gasteiger partial charge in [0, 0.05) is 5.56 Å². The monoisotopic (exact) mass is 274 g/mol. The first kappa shape index (κ1) is 14.5. The van der Waals surface area contributed by atoms with Crippen LogP contribution in [0.15, 0.2) is 42.5 Å². The molecule has 0 aliphatic carbocycles. The third-order valence-corrected chi connectivity index (χ3v) is 2.98. The van der Waals surface area contributed by atoms with Crippen molar-refractivity contribution in [1.29, 1.82) is 0 Å². The van der Waals surface area contributed by atoms with E-state index in [-0.39, 0.29) is 12.4 Å². The molecular weight excluding hydrogens is 255 g/mol. The van der Waals surface area contributed by atoms with Crippen LogP contribution in [0.5, 0.6) is 5.75 Å². The highest BCUT2D eigenvalue weighted by Crippen LogP contribution is 2.27. The molecule has 0 aliphatic rings. The number of ether oxygens (including phenoxy) is 1. The zero-order valence-corrected chi connectivity index (χ0v) is 11.8. The van der Waals surface area contributed by atoms with Gasteiger partial charge in [-0.1, -0.05) is 32.0 Å². The van der Waals surface area contributed by atoms with Crippen LogP contribution in [0.4, 0.5) is 4.39 Å². The standard InChI is InChI=1S/C17H19FO2/c1-12(2)11-20-17-8-5-14(9-15(17)10-19)13-3-6-16(18)7-4-13/h3-9,12,19H,10-11H2,1-2H3. The summed E-state index contributed by atoms with van der Waals surface area (Å²) in [7, 11) is 0. The van der Waals surface area contributed by atoms with Crippen LogP contribution in [0.25, 0.3) is 11.1 Å². The van der Waals surface area contributed by atoms with Gasteiger partial charge in [0.25, 0.3) is 0 Å². The molecule has 0 fully saturated rings. The maximum absolute atomic E-state index is 12.9. The number of rotatable bonds is 5. The molecular formula is C17H19FO2. The summed E-state index contributed by atoms with van der Waals surface area (Å²) in [6, 6.07) is 12.0. The van der Waals surface area contributed by atoms with E-state index in [1.165, 1.54) is 12.1 Å². The Morgan fingerprint density at radius 3 is 2.30 bits per heavy atom. The van der Waals surface area contributed by atoms with E-state index in [1.54, 1.807) is 12.1 Å². The number of benzene rings is 2. The molecule has 0 atom stereocenters. The summed E-state index contributed by atoms with van der Waals surface area (Å²) in [5, 5.41) is 9.46. The fraction of sp³-hybridized carbons (Fsp3) is 0.294. The lowest BCUT2D eigenvalue weighted by Gasteiger charge is -2.13. The Morgan fingerprint density at radius 1 is 1.05 bits per heavy atom. The van der Waals surface area contributed by atoms with Gasteiger partial charge in [0.15, 0.2) is 0 Å². The molecule has 2 nitrogen and oxygen atoms in total. The second kappa shape index (κ2) is 6.53. The topological polar surface area (TPSA) is 29.5 Å². The fourth-order valence-corrected chi connectivity index (χ4v) is 1.92. The van der Waals surface area contributed by atoms with Crippen LogP contribution < -0.4 is 4.74 Å². The van der Waals surface area contributed by atoms with Crippen LogP contribution >= 0.6 is 0 Å². The van der Waals surface area contributed by atoms with Gasteiger partial charge < -0.3 is 9.84 Å². The van der Waals surface area contributed by atoms with Crippen molar-refractivity contribution < 1.29 is 14.2 Å². The molecule has 0 unspecified atom stereocenters. The molecule has 1 N–H and O–H groups in total. The Balaban J connectivity index is 2.26. The summed E-state index contributed by atoms with van der Waals surface area (Å²) >= 11 is 0. The molecule has 0 saturated heterocycles. The molecule has 2 aromatic carbocycles. The smallest absolute Gasteiger partial charge is 0.124 e. The predicted molar refractivity (Wildman–Crippen MR) is 78.1 cm³/mol. The summed E-state index contributed by atoms with van der Waals surface area (Å²) in [6.45, 7) is 4.68. The van der Waals surface area contributed by atoms with Crippen molar-refractivity contribution in [1.82, 2.24) is 0 Å². The Morgan fingerprint density at radius 2 is 1.70 bits per heavy atom. The van der Waals surface area contributed by atoms with Gasteiger partial charge in [0.05, 0.1) is 13.2 Å². The Bertz CT molecular complexity index is 562. The van der Waals surface area contributed by atoms with Crippen LogP contribution in [-0.2, 0) is 6.61 Å². The number of hydrogen-bond acceptors (Lipinski definition) is 2. The lowest BCUT2D eigenvalue weighted by Crippen LogP contribution is -2.06. The van der Waals surface area contributed by atoms with Crippen LogP contribution in [-0.4, -0.2) is 11.7 Å². The highest BCUT2D eigenvalue weighted by Gasteiger charge is 2.07. The summed E-state index contributed by atoms with van der Waals surface area (Å²) in [5.74, 6) is 0.874. The minimum Gasteiger partial charge on any atom is -0.493 e. The third kappa shape index (κ3) is 3.58. The highest BCUT2D eigenvalue weighted by molar-refractivity contribution is 5.65. The zero-order valence-electron chi connectivity index (χ0n) is 11.8. The summed E-state index contributed by atoms with van der Waals surface area (Å²) in [4.78, 5) is 0. The minimum atomic E-state index is -0.256. The lowest BCUT2D eigenvalue weighted by atomic mass is 10.0. The molecule has 0 spiro atoms. The Labute approximate surface area is 118 Å². The van der Waals surface area contributed by atoms with E-state index in [0.29, 0.717) is 18.3 Å². The Kier molecular flexibility index (Phi) is 4.74. The first-order valence-corrected chi connectivity index (χ1v) is 6.72. The minimum absolute atomic E-state index is 0.0809. The van der Waals surface area contributed by atoms with Crippen LogP contribution in [0.3, 0.4) is 0 Å². The number of halogens is 1. The highest BCUT2D eigenvalue weighted by atomic mass is 19.1. The molecule has 0 amide bonds. The molecule has 2 rings (SSSR count). The van der Waals surface area contributed by atoms with Crippen molar-refractivity contribution in [2.45, 2.75) is 20.5 Å². The van der Waals surface area contributed by atoms with Gasteiger partial charge in [-0.2, -0.15) is 0 Å². The number of aliphatic hydroxyl groups excluding tert-OH is 1. The molecule has 3 heteroatoms. The van der Waals surface area contributed by atoms with E-state index in [4.69, 9.17) is 4.74 Å². The van der Waals surface area contributed by atoms with E-state index in [9.17, 15) is 9.50 Å².